The van der Waals surface area contributed by atoms with Crippen LogP contribution in [0.25, 0.3) is 0 Å². The predicted molar refractivity (Wildman–Crippen MR) is 64.8 cm³/mol. The molecular weight excluding hydrogens is 258 g/mol. The first-order valence-corrected chi connectivity index (χ1v) is 5.60. The van der Waals surface area contributed by atoms with E-state index >= 15 is 0 Å². The van der Waals surface area contributed by atoms with Crippen molar-refractivity contribution in [1.29, 1.82) is 0 Å². The van der Waals surface area contributed by atoms with Gasteiger partial charge in [0.2, 0.25) is 5.91 Å². The Morgan fingerprint density at radius 1 is 1.37 bits per heavy atom. The van der Waals surface area contributed by atoms with Gasteiger partial charge in [-0.1, -0.05) is 6.92 Å². The number of carbonyl (C=O) groups excluding carboxylic acids is 1. The third kappa shape index (κ3) is 3.72. The van der Waals surface area contributed by atoms with E-state index in [2.05, 4.69) is 5.32 Å². The summed E-state index contributed by atoms with van der Waals surface area (Å²) in [6.07, 6.45) is 0.401. The van der Waals surface area contributed by atoms with E-state index in [4.69, 9.17) is 10.8 Å². The van der Waals surface area contributed by atoms with Gasteiger partial charge in [0.25, 0.3) is 0 Å². The maximum Gasteiger partial charge on any atom is 0.337 e. The van der Waals surface area contributed by atoms with Crippen LogP contribution in [0.5, 0.6) is 0 Å². The van der Waals surface area contributed by atoms with E-state index in [1.54, 1.807) is 6.92 Å². The van der Waals surface area contributed by atoms with Crippen LogP contribution in [0.4, 0.5) is 14.5 Å². The van der Waals surface area contributed by atoms with Crippen LogP contribution in [-0.4, -0.2) is 23.5 Å². The van der Waals surface area contributed by atoms with E-state index < -0.39 is 35.0 Å². The Morgan fingerprint density at radius 2 is 1.95 bits per heavy atom. The molecule has 0 heterocycles. The van der Waals surface area contributed by atoms with Crippen LogP contribution in [0.1, 0.15) is 23.7 Å². The van der Waals surface area contributed by atoms with E-state index in [9.17, 15) is 18.4 Å². The molecule has 1 aromatic carbocycles. The highest BCUT2D eigenvalue weighted by molar-refractivity contribution is 6.01. The van der Waals surface area contributed by atoms with Crippen molar-refractivity contribution in [3.8, 4) is 0 Å². The first kappa shape index (κ1) is 15.0. The van der Waals surface area contributed by atoms with Gasteiger partial charge in [-0.05, 0) is 19.0 Å². The summed E-state index contributed by atoms with van der Waals surface area (Å²) in [4.78, 5) is 22.6. The SMILES string of the molecule is CC(CCN)C(=O)Nc1cc(F)c(F)cc1C(=O)O. The maximum absolute atomic E-state index is 13.1. The van der Waals surface area contributed by atoms with Crippen LogP contribution in [0.3, 0.4) is 0 Å². The van der Waals surface area contributed by atoms with Crippen molar-refractivity contribution in [2.75, 3.05) is 11.9 Å². The Morgan fingerprint density at radius 3 is 2.47 bits per heavy atom. The highest BCUT2D eigenvalue weighted by Gasteiger charge is 2.19. The van der Waals surface area contributed by atoms with E-state index in [1.165, 1.54) is 0 Å². The van der Waals surface area contributed by atoms with Crippen molar-refractivity contribution in [1.82, 2.24) is 0 Å². The van der Waals surface area contributed by atoms with Gasteiger partial charge in [0.1, 0.15) is 0 Å². The summed E-state index contributed by atoms with van der Waals surface area (Å²) >= 11 is 0. The molecule has 0 spiro atoms. The second kappa shape index (κ2) is 6.24. The lowest BCUT2D eigenvalue weighted by atomic mass is 10.1. The number of nitrogens with two attached hydrogens (primary N) is 1. The third-order valence-corrected chi connectivity index (χ3v) is 2.60. The van der Waals surface area contributed by atoms with Crippen molar-refractivity contribution < 1.29 is 23.5 Å². The minimum atomic E-state index is -1.46. The smallest absolute Gasteiger partial charge is 0.337 e. The van der Waals surface area contributed by atoms with E-state index in [1.807, 2.05) is 0 Å². The van der Waals surface area contributed by atoms with Crippen LogP contribution in [-0.2, 0) is 4.79 Å². The number of aromatic carboxylic acids is 1. The highest BCUT2D eigenvalue weighted by Crippen LogP contribution is 2.21. The number of amides is 1. The molecule has 7 heteroatoms. The second-order valence-corrected chi connectivity index (χ2v) is 4.08. The number of halogens is 2. The molecule has 1 amide bonds. The number of benzene rings is 1. The van der Waals surface area contributed by atoms with Crippen molar-refractivity contribution in [2.24, 2.45) is 11.7 Å². The van der Waals surface area contributed by atoms with Gasteiger partial charge < -0.3 is 16.2 Å². The number of anilines is 1. The average Bonchev–Trinajstić information content (AvgIpc) is 2.33. The molecule has 1 unspecified atom stereocenters. The first-order chi connectivity index (χ1) is 8.86. The average molecular weight is 272 g/mol. The number of hydrogen-bond donors (Lipinski definition) is 3. The van der Waals surface area contributed by atoms with Crippen LogP contribution >= 0.6 is 0 Å². The van der Waals surface area contributed by atoms with Gasteiger partial charge >= 0.3 is 5.97 Å². The molecular formula is C12H14F2N2O3. The Balaban J connectivity index is 3.03. The standard InChI is InChI=1S/C12H14F2N2O3/c1-6(2-3-15)11(17)16-10-5-9(14)8(13)4-7(10)12(18)19/h4-6H,2-3,15H2,1H3,(H,16,17)(H,18,19). The molecule has 1 aromatic rings. The number of carboxylic acid groups (broad SMARTS) is 1. The van der Waals surface area contributed by atoms with E-state index in [0.717, 1.165) is 0 Å². The zero-order valence-corrected chi connectivity index (χ0v) is 10.2. The van der Waals surface area contributed by atoms with Crippen LogP contribution < -0.4 is 11.1 Å². The summed E-state index contributed by atoms with van der Waals surface area (Å²) in [5.74, 6) is -4.93. The molecule has 104 valence electrons. The lowest BCUT2D eigenvalue weighted by Crippen LogP contribution is -2.24. The number of rotatable bonds is 5. The van der Waals surface area contributed by atoms with Gasteiger partial charge in [0, 0.05) is 12.0 Å². The zero-order valence-electron chi connectivity index (χ0n) is 10.2. The van der Waals surface area contributed by atoms with Crippen LogP contribution in [0, 0.1) is 17.6 Å². The van der Waals surface area contributed by atoms with Gasteiger partial charge in [-0.15, -0.1) is 0 Å². The molecule has 0 aliphatic rings. The highest BCUT2D eigenvalue weighted by atomic mass is 19.2. The first-order valence-electron chi connectivity index (χ1n) is 5.60. The molecule has 0 saturated heterocycles. The van der Waals surface area contributed by atoms with Crippen molar-refractivity contribution >= 4 is 17.6 Å². The number of carboxylic acids is 1. The van der Waals surface area contributed by atoms with Crippen molar-refractivity contribution in [3.63, 3.8) is 0 Å². The fraction of sp³-hybridized carbons (Fsp3) is 0.333. The van der Waals surface area contributed by atoms with E-state index in [-0.39, 0.29) is 12.2 Å². The molecule has 1 rings (SSSR count). The molecule has 4 N–H and O–H groups in total. The predicted octanol–water partition coefficient (Wildman–Crippen LogP) is 1.59. The lowest BCUT2D eigenvalue weighted by molar-refractivity contribution is -0.119. The summed E-state index contributed by atoms with van der Waals surface area (Å²) in [6, 6.07) is 1.17. The summed E-state index contributed by atoms with van der Waals surface area (Å²) in [7, 11) is 0. The molecule has 0 fully saturated rings. The third-order valence-electron chi connectivity index (χ3n) is 2.60. The minimum Gasteiger partial charge on any atom is -0.478 e. The van der Waals surface area contributed by atoms with Gasteiger partial charge in [-0.25, -0.2) is 13.6 Å². The Bertz CT molecular complexity index is 506. The molecule has 5 nitrogen and oxygen atoms in total. The fourth-order valence-electron chi connectivity index (χ4n) is 1.46. The summed E-state index contributed by atoms with van der Waals surface area (Å²) in [5, 5.41) is 11.1. The van der Waals surface area contributed by atoms with Crippen LogP contribution in [0.2, 0.25) is 0 Å². The summed E-state index contributed by atoms with van der Waals surface area (Å²) in [6.45, 7) is 1.89. The molecule has 19 heavy (non-hydrogen) atoms. The summed E-state index contributed by atoms with van der Waals surface area (Å²) < 4.78 is 26.1. The van der Waals surface area contributed by atoms with Crippen molar-refractivity contribution in [3.05, 3.63) is 29.3 Å². The maximum atomic E-state index is 13.1. The molecule has 0 radical (unpaired) electrons. The molecule has 0 aliphatic carbocycles. The van der Waals surface area contributed by atoms with Crippen LogP contribution in [0.15, 0.2) is 12.1 Å². The minimum absolute atomic E-state index is 0.278. The fourth-order valence-corrected chi connectivity index (χ4v) is 1.46. The van der Waals surface area contributed by atoms with E-state index in [0.29, 0.717) is 18.6 Å². The molecule has 1 atom stereocenters. The van der Waals surface area contributed by atoms with Gasteiger partial charge in [-0.2, -0.15) is 0 Å². The molecule has 0 bridgehead atoms. The quantitative estimate of drug-likeness (QED) is 0.758. The second-order valence-electron chi connectivity index (χ2n) is 4.08. The topological polar surface area (TPSA) is 92.4 Å². The number of hydrogen-bond acceptors (Lipinski definition) is 3. The van der Waals surface area contributed by atoms with Gasteiger partial charge in [0.05, 0.1) is 11.3 Å². The zero-order chi connectivity index (χ0) is 14.6. The van der Waals surface area contributed by atoms with Gasteiger partial charge in [-0.3, -0.25) is 4.79 Å². The molecule has 0 aliphatic heterocycles. The normalized spacial score (nSPS) is 12.0. The van der Waals surface area contributed by atoms with Crippen molar-refractivity contribution in [2.45, 2.75) is 13.3 Å². The molecule has 0 saturated carbocycles. The van der Waals surface area contributed by atoms with Gasteiger partial charge in [0.15, 0.2) is 11.6 Å². The number of carbonyl (C=O) groups is 2. The Hall–Kier alpha value is -2.02. The molecule has 0 aromatic heterocycles. The monoisotopic (exact) mass is 272 g/mol. The summed E-state index contributed by atoms with van der Waals surface area (Å²) in [5.41, 5.74) is 4.51. The largest absolute Gasteiger partial charge is 0.478 e. The Labute approximate surface area is 108 Å². The Kier molecular flexibility index (Phi) is 4.94. The lowest BCUT2D eigenvalue weighted by Gasteiger charge is -2.13. The number of nitrogens with one attached hydrogen (secondary N) is 1.